The molecule has 0 radical (unpaired) electrons. The Balaban J connectivity index is 2.53. The molecule has 1 aromatic rings. The molecule has 1 unspecified atom stereocenters. The number of nitrogens with zero attached hydrogens (tertiary/aromatic N) is 1. The van der Waals surface area contributed by atoms with Gasteiger partial charge in [0.1, 0.15) is 12.2 Å². The second kappa shape index (κ2) is 6.27. The molecule has 16 heavy (non-hydrogen) atoms. The van der Waals surface area contributed by atoms with Crippen LogP contribution in [0.1, 0.15) is 31.4 Å². The van der Waals surface area contributed by atoms with Crippen LogP contribution in [0.3, 0.4) is 0 Å². The van der Waals surface area contributed by atoms with Gasteiger partial charge in [-0.2, -0.15) is 0 Å². The van der Waals surface area contributed by atoms with E-state index < -0.39 is 0 Å². The fourth-order valence-electron chi connectivity index (χ4n) is 1.21. The molecule has 1 heterocycles. The summed E-state index contributed by atoms with van der Waals surface area (Å²) in [5.74, 6) is 0.891. The highest BCUT2D eigenvalue weighted by Crippen LogP contribution is 2.17. The highest BCUT2D eigenvalue weighted by atomic mass is 16.5. The van der Waals surface area contributed by atoms with Gasteiger partial charge in [-0.05, 0) is 6.92 Å². The zero-order chi connectivity index (χ0) is 12.0. The van der Waals surface area contributed by atoms with E-state index in [-0.39, 0.29) is 18.3 Å². The van der Waals surface area contributed by atoms with Gasteiger partial charge in [-0.3, -0.25) is 4.79 Å². The van der Waals surface area contributed by atoms with Crippen molar-refractivity contribution in [1.82, 2.24) is 4.98 Å². The number of carbonyl (C=O) groups excluding carboxylic acids is 1. The molecule has 0 saturated carbocycles. The summed E-state index contributed by atoms with van der Waals surface area (Å²) in [5, 5.41) is 0. The van der Waals surface area contributed by atoms with Gasteiger partial charge in [0.2, 0.25) is 5.89 Å². The van der Waals surface area contributed by atoms with E-state index >= 15 is 0 Å². The second-order valence-corrected chi connectivity index (χ2v) is 3.47. The minimum Gasteiger partial charge on any atom is -0.469 e. The molecule has 0 bridgehead atoms. The van der Waals surface area contributed by atoms with E-state index in [0.29, 0.717) is 19.1 Å². The van der Waals surface area contributed by atoms with E-state index in [9.17, 15) is 4.79 Å². The number of carbonyl (C=O) groups is 1. The number of hydrogen-bond acceptors (Lipinski definition) is 5. The van der Waals surface area contributed by atoms with E-state index in [2.05, 4.69) is 9.72 Å². The molecule has 0 fully saturated rings. The molecular formula is C11H17NO4. The first-order valence-corrected chi connectivity index (χ1v) is 5.26. The third kappa shape index (κ3) is 3.66. The number of aromatic nitrogens is 1. The van der Waals surface area contributed by atoms with E-state index in [1.807, 2.05) is 13.8 Å². The summed E-state index contributed by atoms with van der Waals surface area (Å²) in [6.07, 6.45) is 1.69. The van der Waals surface area contributed by atoms with Crippen LogP contribution in [0.25, 0.3) is 0 Å². The molecule has 0 aliphatic heterocycles. The van der Waals surface area contributed by atoms with Gasteiger partial charge in [0.15, 0.2) is 0 Å². The minimum atomic E-state index is -0.356. The van der Waals surface area contributed by atoms with Gasteiger partial charge in [0, 0.05) is 12.5 Å². The molecule has 90 valence electrons. The summed E-state index contributed by atoms with van der Waals surface area (Å²) in [7, 11) is 1.34. The van der Waals surface area contributed by atoms with Gasteiger partial charge in [0.25, 0.3) is 0 Å². The van der Waals surface area contributed by atoms with Gasteiger partial charge in [-0.1, -0.05) is 6.92 Å². The van der Waals surface area contributed by atoms with E-state index in [0.717, 1.165) is 5.76 Å². The largest absolute Gasteiger partial charge is 0.469 e. The first-order valence-electron chi connectivity index (χ1n) is 5.26. The zero-order valence-electron chi connectivity index (χ0n) is 9.86. The van der Waals surface area contributed by atoms with Crippen LogP contribution >= 0.6 is 0 Å². The molecule has 0 saturated heterocycles. The first kappa shape index (κ1) is 12.7. The Labute approximate surface area is 94.8 Å². The Hall–Kier alpha value is -1.36. The molecular weight excluding hydrogens is 210 g/mol. The lowest BCUT2D eigenvalue weighted by Crippen LogP contribution is -2.05. The Morgan fingerprint density at radius 1 is 1.62 bits per heavy atom. The van der Waals surface area contributed by atoms with Crippen molar-refractivity contribution in [2.75, 3.05) is 20.3 Å². The SMILES string of the molecule is CCOCC(C)c1cnc(CC(=O)OC)o1. The van der Waals surface area contributed by atoms with E-state index in [4.69, 9.17) is 9.15 Å². The Bertz CT molecular complexity index is 334. The maximum Gasteiger partial charge on any atom is 0.314 e. The number of methoxy groups -OCH3 is 1. The van der Waals surface area contributed by atoms with Crippen LogP contribution in [0.15, 0.2) is 10.6 Å². The summed E-state index contributed by atoms with van der Waals surface area (Å²) in [5.41, 5.74) is 0. The summed E-state index contributed by atoms with van der Waals surface area (Å²) < 4.78 is 15.2. The molecule has 5 heteroatoms. The van der Waals surface area contributed by atoms with Crippen LogP contribution in [0, 0.1) is 0 Å². The Morgan fingerprint density at radius 2 is 2.38 bits per heavy atom. The first-order chi connectivity index (χ1) is 7.67. The highest BCUT2D eigenvalue weighted by Gasteiger charge is 2.14. The third-order valence-electron chi connectivity index (χ3n) is 2.15. The van der Waals surface area contributed by atoms with Gasteiger partial charge in [-0.15, -0.1) is 0 Å². The number of ether oxygens (including phenoxy) is 2. The molecule has 1 rings (SSSR count). The van der Waals surface area contributed by atoms with Crippen molar-refractivity contribution in [2.45, 2.75) is 26.2 Å². The Morgan fingerprint density at radius 3 is 3.00 bits per heavy atom. The quantitative estimate of drug-likeness (QED) is 0.690. The topological polar surface area (TPSA) is 61.6 Å². The van der Waals surface area contributed by atoms with Crippen molar-refractivity contribution in [3.63, 3.8) is 0 Å². The third-order valence-corrected chi connectivity index (χ3v) is 2.15. The average molecular weight is 227 g/mol. The van der Waals surface area contributed by atoms with Crippen molar-refractivity contribution < 1.29 is 18.7 Å². The zero-order valence-corrected chi connectivity index (χ0v) is 9.86. The molecule has 0 aliphatic rings. The predicted molar refractivity (Wildman–Crippen MR) is 57.1 cm³/mol. The molecule has 1 aromatic heterocycles. The molecule has 0 aromatic carbocycles. The lowest BCUT2D eigenvalue weighted by atomic mass is 10.1. The van der Waals surface area contributed by atoms with Crippen LogP contribution in [-0.4, -0.2) is 31.3 Å². The number of esters is 1. The van der Waals surface area contributed by atoms with Gasteiger partial charge in [-0.25, -0.2) is 4.98 Å². The summed E-state index contributed by atoms with van der Waals surface area (Å²) in [6.45, 7) is 5.19. The fourth-order valence-corrected chi connectivity index (χ4v) is 1.21. The molecule has 5 nitrogen and oxygen atoms in total. The van der Waals surface area contributed by atoms with Crippen LogP contribution in [0.5, 0.6) is 0 Å². The number of hydrogen-bond donors (Lipinski definition) is 0. The maximum absolute atomic E-state index is 11.0. The smallest absolute Gasteiger partial charge is 0.314 e. The molecule has 0 aliphatic carbocycles. The van der Waals surface area contributed by atoms with Crippen LogP contribution in [0.2, 0.25) is 0 Å². The molecule has 0 amide bonds. The highest BCUT2D eigenvalue weighted by molar-refractivity contribution is 5.71. The Kier molecular flexibility index (Phi) is 4.98. The van der Waals surface area contributed by atoms with E-state index in [1.165, 1.54) is 7.11 Å². The minimum absolute atomic E-state index is 0.0673. The number of oxazole rings is 1. The number of rotatable bonds is 6. The van der Waals surface area contributed by atoms with Crippen molar-refractivity contribution in [3.8, 4) is 0 Å². The van der Waals surface area contributed by atoms with Gasteiger partial charge >= 0.3 is 5.97 Å². The van der Waals surface area contributed by atoms with Crippen LogP contribution < -0.4 is 0 Å². The lowest BCUT2D eigenvalue weighted by molar-refractivity contribution is -0.140. The average Bonchev–Trinajstić information content (AvgIpc) is 2.74. The summed E-state index contributed by atoms with van der Waals surface area (Å²) >= 11 is 0. The maximum atomic E-state index is 11.0. The summed E-state index contributed by atoms with van der Waals surface area (Å²) in [6, 6.07) is 0. The predicted octanol–water partition coefficient (Wildman–Crippen LogP) is 1.53. The van der Waals surface area contributed by atoms with Crippen molar-refractivity contribution in [1.29, 1.82) is 0 Å². The van der Waals surface area contributed by atoms with Crippen molar-refractivity contribution in [3.05, 3.63) is 17.8 Å². The summed E-state index contributed by atoms with van der Waals surface area (Å²) in [4.78, 5) is 15.0. The fraction of sp³-hybridized carbons (Fsp3) is 0.636. The van der Waals surface area contributed by atoms with Crippen molar-refractivity contribution >= 4 is 5.97 Å². The molecule has 1 atom stereocenters. The lowest BCUT2D eigenvalue weighted by Gasteiger charge is -2.06. The van der Waals surface area contributed by atoms with Gasteiger partial charge < -0.3 is 13.9 Å². The van der Waals surface area contributed by atoms with Crippen molar-refractivity contribution in [2.24, 2.45) is 0 Å². The van der Waals surface area contributed by atoms with E-state index in [1.54, 1.807) is 6.20 Å². The monoisotopic (exact) mass is 227 g/mol. The van der Waals surface area contributed by atoms with Crippen LogP contribution in [0.4, 0.5) is 0 Å². The van der Waals surface area contributed by atoms with Gasteiger partial charge in [0.05, 0.1) is 19.9 Å². The normalized spacial score (nSPS) is 12.4. The second-order valence-electron chi connectivity index (χ2n) is 3.47. The van der Waals surface area contributed by atoms with Crippen LogP contribution in [-0.2, 0) is 20.7 Å². The molecule has 0 spiro atoms. The standard InChI is InChI=1S/C11H17NO4/c1-4-15-7-8(2)9-6-12-10(16-9)5-11(13)14-3/h6,8H,4-5,7H2,1-3H3. The molecule has 0 N–H and O–H groups in total.